The first-order chi connectivity index (χ1) is 10.9. The molecule has 2 aliphatic heterocycles. The lowest BCUT2D eigenvalue weighted by molar-refractivity contribution is 0.173. The number of rotatable bonds is 5. The van der Waals surface area contributed by atoms with Crippen molar-refractivity contribution in [2.24, 2.45) is 0 Å². The number of hydrogen-bond acceptors (Lipinski definition) is 4. The summed E-state index contributed by atoms with van der Waals surface area (Å²) in [5.41, 5.74) is 2.42. The summed E-state index contributed by atoms with van der Waals surface area (Å²) < 4.78 is 2.43. The Balaban J connectivity index is 1.57. The van der Waals surface area contributed by atoms with Crippen LogP contribution in [0.4, 0.5) is 0 Å². The maximum Gasteiger partial charge on any atom is 0.112 e. The minimum Gasteiger partial charge on any atom is -0.333 e. The Kier molecular flexibility index (Phi) is 4.28. The van der Waals surface area contributed by atoms with Gasteiger partial charge in [-0.2, -0.15) is 11.3 Å². The van der Waals surface area contributed by atoms with E-state index >= 15 is 0 Å². The summed E-state index contributed by atoms with van der Waals surface area (Å²) in [7, 11) is 0. The second-order valence-corrected chi connectivity index (χ2v) is 7.19. The molecule has 0 amide bonds. The highest BCUT2D eigenvalue weighted by Crippen LogP contribution is 2.29. The van der Waals surface area contributed by atoms with E-state index in [-0.39, 0.29) is 0 Å². The Morgan fingerprint density at radius 3 is 2.77 bits per heavy atom. The molecular formula is C17H24N4S. The molecule has 118 valence electrons. The third-order valence-corrected chi connectivity index (χ3v) is 5.62. The molecule has 0 aliphatic carbocycles. The summed E-state index contributed by atoms with van der Waals surface area (Å²) >= 11 is 1.75. The first kappa shape index (κ1) is 14.4. The van der Waals surface area contributed by atoms with Gasteiger partial charge in [-0.1, -0.05) is 0 Å². The van der Waals surface area contributed by atoms with E-state index in [0.717, 1.165) is 31.9 Å². The molecule has 2 aliphatic rings. The van der Waals surface area contributed by atoms with Crippen molar-refractivity contribution >= 4 is 11.3 Å². The highest BCUT2D eigenvalue weighted by molar-refractivity contribution is 7.08. The zero-order valence-electron chi connectivity index (χ0n) is 13.0. The van der Waals surface area contributed by atoms with Gasteiger partial charge in [-0.3, -0.25) is 0 Å². The number of thiophene rings is 1. The molecule has 2 saturated heterocycles. The van der Waals surface area contributed by atoms with E-state index in [1.807, 2.05) is 0 Å². The lowest BCUT2D eigenvalue weighted by atomic mass is 9.97. The third kappa shape index (κ3) is 2.98. The van der Waals surface area contributed by atoms with E-state index in [1.165, 1.54) is 43.7 Å². The van der Waals surface area contributed by atoms with E-state index in [9.17, 15) is 0 Å². The van der Waals surface area contributed by atoms with E-state index in [2.05, 4.69) is 37.8 Å². The molecule has 0 unspecified atom stereocenters. The molecule has 5 heteroatoms. The molecular weight excluding hydrogens is 292 g/mol. The number of piperidine rings is 1. The zero-order chi connectivity index (χ0) is 14.8. The maximum absolute atomic E-state index is 5.02. The minimum atomic E-state index is 0.616. The minimum absolute atomic E-state index is 0.616. The van der Waals surface area contributed by atoms with Gasteiger partial charge in [0.2, 0.25) is 0 Å². The van der Waals surface area contributed by atoms with E-state index in [4.69, 9.17) is 4.98 Å². The number of imidazole rings is 1. The van der Waals surface area contributed by atoms with Crippen LogP contribution in [0.3, 0.4) is 0 Å². The Morgan fingerprint density at radius 2 is 2.09 bits per heavy atom. The molecule has 2 fully saturated rings. The van der Waals surface area contributed by atoms with Gasteiger partial charge in [0.25, 0.3) is 0 Å². The van der Waals surface area contributed by atoms with Gasteiger partial charge >= 0.3 is 0 Å². The predicted molar refractivity (Wildman–Crippen MR) is 91.4 cm³/mol. The fraction of sp³-hybridized carbons (Fsp3) is 0.588. The smallest absolute Gasteiger partial charge is 0.112 e. The largest absolute Gasteiger partial charge is 0.333 e. The van der Waals surface area contributed by atoms with Crippen molar-refractivity contribution in [3.8, 4) is 11.3 Å². The van der Waals surface area contributed by atoms with Crippen LogP contribution in [-0.4, -0.2) is 47.2 Å². The van der Waals surface area contributed by atoms with Crippen molar-refractivity contribution < 1.29 is 0 Å². The van der Waals surface area contributed by atoms with E-state index in [1.54, 1.807) is 11.3 Å². The molecule has 22 heavy (non-hydrogen) atoms. The van der Waals surface area contributed by atoms with Crippen LogP contribution in [0.25, 0.3) is 11.3 Å². The number of aromatic nitrogens is 2. The summed E-state index contributed by atoms with van der Waals surface area (Å²) in [6.07, 6.45) is 6.07. The molecule has 2 aromatic heterocycles. The normalized spacial score (nSPS) is 20.2. The second kappa shape index (κ2) is 6.52. The molecule has 0 aromatic carbocycles. The lowest BCUT2D eigenvalue weighted by Crippen LogP contribution is -2.39. The summed E-state index contributed by atoms with van der Waals surface area (Å²) in [4.78, 5) is 7.56. The van der Waals surface area contributed by atoms with Gasteiger partial charge in [0.1, 0.15) is 5.82 Å². The standard InChI is InChI=1S/C17H24N4S/c1-7-20(8-1)9-10-21-12-16(15-4-11-22-13-15)19-17(21)14-2-5-18-6-3-14/h4,11-14,18H,1-3,5-10H2. The Bertz CT molecular complexity index is 594. The average molecular weight is 316 g/mol. The van der Waals surface area contributed by atoms with Crippen LogP contribution < -0.4 is 5.32 Å². The number of nitrogens with zero attached hydrogens (tertiary/aromatic N) is 3. The van der Waals surface area contributed by atoms with E-state index in [0.29, 0.717) is 5.92 Å². The van der Waals surface area contributed by atoms with Crippen LogP contribution in [0.15, 0.2) is 23.0 Å². The zero-order valence-corrected chi connectivity index (χ0v) is 13.8. The quantitative estimate of drug-likeness (QED) is 0.921. The Morgan fingerprint density at radius 1 is 1.23 bits per heavy atom. The monoisotopic (exact) mass is 316 g/mol. The van der Waals surface area contributed by atoms with E-state index < -0.39 is 0 Å². The molecule has 0 atom stereocenters. The second-order valence-electron chi connectivity index (χ2n) is 6.41. The van der Waals surface area contributed by atoms with Crippen LogP contribution in [0.5, 0.6) is 0 Å². The number of likely N-dealkylation sites (tertiary alicyclic amines) is 1. The van der Waals surface area contributed by atoms with Crippen LogP contribution in [0, 0.1) is 0 Å². The van der Waals surface area contributed by atoms with Crippen molar-refractivity contribution in [2.45, 2.75) is 31.7 Å². The number of nitrogens with one attached hydrogen (secondary N) is 1. The van der Waals surface area contributed by atoms with Crippen molar-refractivity contribution in [1.82, 2.24) is 19.8 Å². The van der Waals surface area contributed by atoms with Crippen molar-refractivity contribution in [1.29, 1.82) is 0 Å². The van der Waals surface area contributed by atoms with Crippen LogP contribution in [-0.2, 0) is 6.54 Å². The molecule has 0 radical (unpaired) electrons. The maximum atomic E-state index is 5.02. The average Bonchev–Trinajstić information content (AvgIpc) is 3.16. The van der Waals surface area contributed by atoms with Gasteiger partial charge in [-0.25, -0.2) is 4.98 Å². The number of hydrogen-bond donors (Lipinski definition) is 1. The van der Waals surface area contributed by atoms with Crippen molar-refractivity contribution in [2.75, 3.05) is 32.7 Å². The first-order valence-corrected chi connectivity index (χ1v) is 9.37. The topological polar surface area (TPSA) is 33.1 Å². The summed E-state index contributed by atoms with van der Waals surface area (Å²) in [5, 5.41) is 7.80. The highest BCUT2D eigenvalue weighted by Gasteiger charge is 2.22. The van der Waals surface area contributed by atoms with Crippen LogP contribution >= 0.6 is 11.3 Å². The van der Waals surface area contributed by atoms with Crippen molar-refractivity contribution in [3.63, 3.8) is 0 Å². The first-order valence-electron chi connectivity index (χ1n) is 8.43. The molecule has 4 nitrogen and oxygen atoms in total. The third-order valence-electron chi connectivity index (χ3n) is 4.93. The molecule has 4 heterocycles. The summed E-state index contributed by atoms with van der Waals surface area (Å²) in [6.45, 7) is 7.03. The SMILES string of the molecule is c1cc(-c2cn(CCN3CCC3)c(C3CCNCC3)n2)cs1. The van der Waals surface area contributed by atoms with Gasteiger partial charge in [0.15, 0.2) is 0 Å². The van der Waals surface area contributed by atoms with Crippen LogP contribution in [0.1, 0.15) is 31.0 Å². The fourth-order valence-corrected chi connectivity index (χ4v) is 4.07. The van der Waals surface area contributed by atoms with Gasteiger partial charge < -0.3 is 14.8 Å². The molecule has 0 saturated carbocycles. The Hall–Kier alpha value is -1.17. The van der Waals surface area contributed by atoms with Crippen molar-refractivity contribution in [3.05, 3.63) is 28.8 Å². The molecule has 0 bridgehead atoms. The molecule has 4 rings (SSSR count). The molecule has 0 spiro atoms. The summed E-state index contributed by atoms with van der Waals surface area (Å²) in [5.74, 6) is 1.92. The highest BCUT2D eigenvalue weighted by atomic mass is 32.1. The van der Waals surface area contributed by atoms with Gasteiger partial charge in [-0.15, -0.1) is 0 Å². The lowest BCUT2D eigenvalue weighted by Gasteiger charge is -2.31. The van der Waals surface area contributed by atoms with Gasteiger partial charge in [-0.05, 0) is 56.9 Å². The van der Waals surface area contributed by atoms with Crippen LogP contribution in [0.2, 0.25) is 0 Å². The van der Waals surface area contributed by atoms with Gasteiger partial charge in [0, 0.05) is 36.1 Å². The fourth-order valence-electron chi connectivity index (χ4n) is 3.42. The molecule has 2 aromatic rings. The predicted octanol–water partition coefficient (Wildman–Crippen LogP) is 2.78. The Labute approximate surface area is 136 Å². The molecule has 1 N–H and O–H groups in total. The van der Waals surface area contributed by atoms with Gasteiger partial charge in [0.05, 0.1) is 5.69 Å². The summed E-state index contributed by atoms with van der Waals surface area (Å²) in [6, 6.07) is 2.18.